The number of ether oxygens (including phenoxy) is 1. The average molecular weight is 252 g/mol. The van der Waals surface area contributed by atoms with E-state index in [-0.39, 0.29) is 12.5 Å². The highest BCUT2D eigenvalue weighted by Crippen LogP contribution is 2.12. The molecular weight excluding hydrogens is 236 g/mol. The topological polar surface area (TPSA) is 67.9 Å². The van der Waals surface area contributed by atoms with Gasteiger partial charge in [-0.25, -0.2) is 9.86 Å². The normalized spacial score (nSPS) is 9.72. The maximum Gasteiger partial charge on any atom is 0.411 e. The second kappa shape index (κ2) is 6.61. The summed E-state index contributed by atoms with van der Waals surface area (Å²) in [4.78, 5) is 27.8. The van der Waals surface area contributed by atoms with Gasteiger partial charge in [0.2, 0.25) is 0 Å². The minimum atomic E-state index is -0.554. The molecule has 0 radical (unpaired) electrons. The predicted octanol–water partition coefficient (Wildman–Crippen LogP) is 1.89. The van der Waals surface area contributed by atoms with E-state index in [2.05, 4.69) is 5.32 Å². The van der Waals surface area contributed by atoms with E-state index < -0.39 is 6.09 Å². The van der Waals surface area contributed by atoms with Crippen molar-refractivity contribution in [2.24, 2.45) is 0 Å². The van der Waals surface area contributed by atoms with Gasteiger partial charge in [-0.2, -0.15) is 0 Å². The fourth-order valence-electron chi connectivity index (χ4n) is 1.28. The van der Waals surface area contributed by atoms with Crippen molar-refractivity contribution in [3.05, 3.63) is 29.8 Å². The molecule has 1 aromatic rings. The fraction of sp³-hybridized carbons (Fsp3) is 0.333. The van der Waals surface area contributed by atoms with Crippen LogP contribution in [0.15, 0.2) is 24.3 Å². The fourth-order valence-corrected chi connectivity index (χ4v) is 1.28. The van der Waals surface area contributed by atoms with Crippen LogP contribution in [0.2, 0.25) is 0 Å². The summed E-state index contributed by atoms with van der Waals surface area (Å²) < 4.78 is 4.74. The highest BCUT2D eigenvalue weighted by Gasteiger charge is 2.12. The van der Waals surface area contributed by atoms with Gasteiger partial charge in [0.05, 0.1) is 13.7 Å². The van der Waals surface area contributed by atoms with Crippen molar-refractivity contribution in [3.8, 4) is 0 Å². The Bertz CT molecular complexity index is 434. The SMILES string of the molecule is CCOC(=O)Nc1cccc(C(=O)N(C)OC)c1. The minimum absolute atomic E-state index is 0.289. The van der Waals surface area contributed by atoms with Crippen LogP contribution in [-0.4, -0.2) is 37.8 Å². The highest BCUT2D eigenvalue weighted by atomic mass is 16.7. The first kappa shape index (κ1) is 14.0. The van der Waals surface area contributed by atoms with Crippen LogP contribution in [0.25, 0.3) is 0 Å². The summed E-state index contributed by atoms with van der Waals surface area (Å²) in [6.07, 6.45) is -0.554. The summed E-state index contributed by atoms with van der Waals surface area (Å²) in [5.74, 6) is -0.301. The lowest BCUT2D eigenvalue weighted by molar-refractivity contribution is -0.0756. The number of benzene rings is 1. The summed E-state index contributed by atoms with van der Waals surface area (Å²) in [7, 11) is 2.91. The molecule has 2 amide bonds. The molecule has 1 aromatic carbocycles. The summed E-state index contributed by atoms with van der Waals surface area (Å²) in [5.41, 5.74) is 0.900. The lowest BCUT2D eigenvalue weighted by Gasteiger charge is -2.14. The van der Waals surface area contributed by atoms with Gasteiger partial charge in [-0.05, 0) is 25.1 Å². The standard InChI is InChI=1S/C12H16N2O4/c1-4-18-12(16)13-10-7-5-6-9(8-10)11(15)14(2)17-3/h5-8H,4H2,1-3H3,(H,13,16). The van der Waals surface area contributed by atoms with Gasteiger partial charge in [0.1, 0.15) is 0 Å². The molecule has 0 spiro atoms. The lowest BCUT2D eigenvalue weighted by atomic mass is 10.2. The van der Waals surface area contributed by atoms with Gasteiger partial charge in [0.15, 0.2) is 0 Å². The zero-order valence-electron chi connectivity index (χ0n) is 10.6. The predicted molar refractivity (Wildman–Crippen MR) is 66.2 cm³/mol. The van der Waals surface area contributed by atoms with E-state index >= 15 is 0 Å². The number of hydroxylamine groups is 2. The average Bonchev–Trinajstić information content (AvgIpc) is 2.37. The Morgan fingerprint density at radius 3 is 2.72 bits per heavy atom. The molecule has 0 aliphatic rings. The largest absolute Gasteiger partial charge is 0.450 e. The Kier molecular flexibility index (Phi) is 5.13. The van der Waals surface area contributed by atoms with Crippen molar-refractivity contribution in [3.63, 3.8) is 0 Å². The van der Waals surface area contributed by atoms with Crippen LogP contribution in [-0.2, 0) is 9.57 Å². The number of carbonyl (C=O) groups is 2. The number of nitrogens with zero attached hydrogens (tertiary/aromatic N) is 1. The van der Waals surface area contributed by atoms with E-state index in [1.807, 2.05) is 0 Å². The van der Waals surface area contributed by atoms with Crippen molar-refractivity contribution in [1.82, 2.24) is 5.06 Å². The molecular formula is C12H16N2O4. The molecule has 0 saturated heterocycles. The van der Waals surface area contributed by atoms with Crippen molar-refractivity contribution < 1.29 is 19.2 Å². The third kappa shape index (κ3) is 3.74. The van der Waals surface area contributed by atoms with Crippen molar-refractivity contribution >= 4 is 17.7 Å². The Balaban J connectivity index is 2.79. The molecule has 0 unspecified atom stereocenters. The number of hydrogen-bond acceptors (Lipinski definition) is 4. The van der Waals surface area contributed by atoms with Crippen LogP contribution in [0.1, 0.15) is 17.3 Å². The lowest BCUT2D eigenvalue weighted by Crippen LogP contribution is -2.25. The van der Waals surface area contributed by atoms with E-state index in [9.17, 15) is 9.59 Å². The number of anilines is 1. The molecule has 0 aromatic heterocycles. The molecule has 6 heteroatoms. The highest BCUT2D eigenvalue weighted by molar-refractivity contribution is 5.95. The summed E-state index contributed by atoms with van der Waals surface area (Å²) in [5, 5.41) is 3.62. The third-order valence-electron chi connectivity index (χ3n) is 2.19. The van der Waals surface area contributed by atoms with Crippen molar-refractivity contribution in [1.29, 1.82) is 0 Å². The second-order valence-electron chi connectivity index (χ2n) is 3.41. The van der Waals surface area contributed by atoms with E-state index in [4.69, 9.17) is 9.57 Å². The monoisotopic (exact) mass is 252 g/mol. The zero-order chi connectivity index (χ0) is 13.5. The molecule has 0 bridgehead atoms. The quantitative estimate of drug-likeness (QED) is 0.831. The van der Waals surface area contributed by atoms with Gasteiger partial charge in [-0.15, -0.1) is 0 Å². The molecule has 6 nitrogen and oxygen atoms in total. The van der Waals surface area contributed by atoms with E-state index in [0.717, 1.165) is 5.06 Å². The number of carbonyl (C=O) groups excluding carboxylic acids is 2. The number of nitrogens with one attached hydrogen (secondary N) is 1. The van der Waals surface area contributed by atoms with Crippen LogP contribution in [0.5, 0.6) is 0 Å². The molecule has 18 heavy (non-hydrogen) atoms. The molecule has 0 saturated carbocycles. The van der Waals surface area contributed by atoms with Crippen molar-refractivity contribution in [2.75, 3.05) is 26.1 Å². The van der Waals surface area contributed by atoms with Gasteiger partial charge in [0, 0.05) is 18.3 Å². The van der Waals surface area contributed by atoms with Gasteiger partial charge >= 0.3 is 6.09 Å². The smallest absolute Gasteiger partial charge is 0.411 e. The first-order chi connectivity index (χ1) is 8.58. The minimum Gasteiger partial charge on any atom is -0.450 e. The molecule has 1 rings (SSSR count). The van der Waals surface area contributed by atoms with E-state index in [0.29, 0.717) is 11.3 Å². The molecule has 0 atom stereocenters. The second-order valence-corrected chi connectivity index (χ2v) is 3.41. The first-order valence-corrected chi connectivity index (χ1v) is 5.44. The van der Waals surface area contributed by atoms with Gasteiger partial charge in [-0.3, -0.25) is 14.9 Å². The van der Waals surface area contributed by atoms with Crippen LogP contribution >= 0.6 is 0 Å². The van der Waals surface area contributed by atoms with Crippen LogP contribution < -0.4 is 5.32 Å². The third-order valence-corrected chi connectivity index (χ3v) is 2.19. The van der Waals surface area contributed by atoms with E-state index in [1.54, 1.807) is 31.2 Å². The van der Waals surface area contributed by atoms with Crippen LogP contribution in [0.4, 0.5) is 10.5 Å². The molecule has 0 fully saturated rings. The maximum atomic E-state index is 11.8. The number of rotatable bonds is 4. The summed E-state index contributed by atoms with van der Waals surface area (Å²) >= 11 is 0. The first-order valence-electron chi connectivity index (χ1n) is 5.44. The molecule has 1 N–H and O–H groups in total. The molecule has 0 aliphatic carbocycles. The number of amides is 2. The van der Waals surface area contributed by atoms with Gasteiger partial charge < -0.3 is 4.74 Å². The summed E-state index contributed by atoms with van der Waals surface area (Å²) in [6.45, 7) is 2.00. The Hall–Kier alpha value is -2.08. The van der Waals surface area contributed by atoms with Gasteiger partial charge in [-0.1, -0.05) is 6.07 Å². The van der Waals surface area contributed by atoms with Crippen LogP contribution in [0, 0.1) is 0 Å². The molecule has 0 heterocycles. The Morgan fingerprint density at radius 1 is 1.39 bits per heavy atom. The zero-order valence-corrected chi connectivity index (χ0v) is 10.6. The van der Waals surface area contributed by atoms with Crippen LogP contribution in [0.3, 0.4) is 0 Å². The van der Waals surface area contributed by atoms with E-state index in [1.165, 1.54) is 14.2 Å². The molecule has 98 valence electrons. The molecule has 0 aliphatic heterocycles. The summed E-state index contributed by atoms with van der Waals surface area (Å²) in [6, 6.07) is 6.52. The Labute approximate surface area is 105 Å². The van der Waals surface area contributed by atoms with Gasteiger partial charge in [0.25, 0.3) is 5.91 Å². The maximum absolute atomic E-state index is 11.8. The number of hydrogen-bond donors (Lipinski definition) is 1. The Morgan fingerprint density at radius 2 is 2.11 bits per heavy atom. The van der Waals surface area contributed by atoms with Crippen molar-refractivity contribution in [2.45, 2.75) is 6.92 Å².